The Morgan fingerprint density at radius 2 is 1.69 bits per heavy atom. The van der Waals surface area contributed by atoms with Crippen LogP contribution in [0.3, 0.4) is 0 Å². The van der Waals surface area contributed by atoms with Crippen molar-refractivity contribution in [2.24, 2.45) is 0 Å². The molecule has 3 amide bonds. The zero-order chi connectivity index (χ0) is 23.1. The number of hydrogen-bond donors (Lipinski definition) is 2. The van der Waals surface area contributed by atoms with E-state index in [1.54, 1.807) is 12.0 Å². The third-order valence-corrected chi connectivity index (χ3v) is 5.63. The lowest BCUT2D eigenvalue weighted by atomic mass is 10.2. The van der Waals surface area contributed by atoms with Crippen LogP contribution in [-0.2, 0) is 9.59 Å². The zero-order valence-electron chi connectivity index (χ0n) is 17.6. The first-order chi connectivity index (χ1) is 15.4. The molecule has 0 spiro atoms. The lowest BCUT2D eigenvalue weighted by molar-refractivity contribution is -0.132. The number of ether oxygens (including phenoxy) is 1. The third kappa shape index (κ3) is 6.05. The average Bonchev–Trinajstić information content (AvgIpc) is 2.81. The number of halogens is 2. The molecular formula is C22H24Cl2N4O4. The largest absolute Gasteiger partial charge is 0.495 e. The average molecular weight is 479 g/mol. The van der Waals surface area contributed by atoms with E-state index in [2.05, 4.69) is 15.5 Å². The summed E-state index contributed by atoms with van der Waals surface area (Å²) in [6, 6.07) is 12.2. The summed E-state index contributed by atoms with van der Waals surface area (Å²) >= 11 is 11.8. The number of hydrogen-bond acceptors (Lipinski definition) is 5. The van der Waals surface area contributed by atoms with E-state index in [0.717, 1.165) is 11.4 Å². The minimum Gasteiger partial charge on any atom is -0.495 e. The number of anilines is 1. The Morgan fingerprint density at radius 3 is 2.38 bits per heavy atom. The minimum absolute atomic E-state index is 0.134. The number of piperazine rings is 1. The van der Waals surface area contributed by atoms with Gasteiger partial charge in [0.25, 0.3) is 5.91 Å². The number of benzene rings is 2. The van der Waals surface area contributed by atoms with Gasteiger partial charge in [0.05, 0.1) is 36.5 Å². The molecule has 0 aliphatic carbocycles. The van der Waals surface area contributed by atoms with Crippen molar-refractivity contribution in [1.82, 2.24) is 15.5 Å². The summed E-state index contributed by atoms with van der Waals surface area (Å²) in [4.78, 5) is 40.5. The van der Waals surface area contributed by atoms with Gasteiger partial charge in [-0.3, -0.25) is 14.4 Å². The van der Waals surface area contributed by atoms with E-state index >= 15 is 0 Å². The van der Waals surface area contributed by atoms with Crippen LogP contribution < -0.4 is 20.3 Å². The van der Waals surface area contributed by atoms with Gasteiger partial charge in [0, 0.05) is 31.2 Å². The van der Waals surface area contributed by atoms with Crippen LogP contribution in [0.15, 0.2) is 42.5 Å². The van der Waals surface area contributed by atoms with E-state index in [1.165, 1.54) is 18.2 Å². The second-order valence-corrected chi connectivity index (χ2v) is 7.97. The summed E-state index contributed by atoms with van der Waals surface area (Å²) < 4.78 is 5.40. The molecule has 0 unspecified atom stereocenters. The summed E-state index contributed by atoms with van der Waals surface area (Å²) in [5.74, 6) is -0.350. The quantitative estimate of drug-likeness (QED) is 0.636. The highest BCUT2D eigenvalue weighted by molar-refractivity contribution is 6.36. The van der Waals surface area contributed by atoms with Crippen molar-refractivity contribution in [3.8, 4) is 5.75 Å². The molecule has 1 fully saturated rings. The Balaban J connectivity index is 1.41. The summed E-state index contributed by atoms with van der Waals surface area (Å²) in [6.45, 7) is 2.00. The van der Waals surface area contributed by atoms with Crippen molar-refractivity contribution in [2.75, 3.05) is 51.3 Å². The molecule has 3 rings (SSSR count). The standard InChI is InChI=1S/C22H24Cl2N4O4/c1-32-19-5-3-2-4-18(19)27-8-10-28(11-9-27)21(30)14-25-20(29)13-26-22(31)16-7-6-15(23)12-17(16)24/h2-7,12H,8-11,13-14H2,1H3,(H,25,29)(H,26,31). The molecule has 1 saturated heterocycles. The number of methoxy groups -OCH3 is 1. The van der Waals surface area contributed by atoms with Crippen LogP contribution in [0.4, 0.5) is 5.69 Å². The molecule has 32 heavy (non-hydrogen) atoms. The first kappa shape index (κ1) is 23.7. The second kappa shape index (κ2) is 11.1. The van der Waals surface area contributed by atoms with E-state index in [-0.39, 0.29) is 29.6 Å². The number of nitrogens with one attached hydrogen (secondary N) is 2. The monoisotopic (exact) mass is 478 g/mol. The van der Waals surface area contributed by atoms with Crippen LogP contribution in [0, 0.1) is 0 Å². The molecule has 1 aliphatic rings. The van der Waals surface area contributed by atoms with Crippen LogP contribution in [0.2, 0.25) is 10.0 Å². The highest BCUT2D eigenvalue weighted by atomic mass is 35.5. The van der Waals surface area contributed by atoms with Crippen LogP contribution in [0.1, 0.15) is 10.4 Å². The van der Waals surface area contributed by atoms with Crippen LogP contribution in [0.25, 0.3) is 0 Å². The molecular weight excluding hydrogens is 455 g/mol. The van der Waals surface area contributed by atoms with Gasteiger partial charge in [-0.15, -0.1) is 0 Å². The van der Waals surface area contributed by atoms with Gasteiger partial charge in [-0.1, -0.05) is 35.3 Å². The van der Waals surface area contributed by atoms with Crippen molar-refractivity contribution in [3.63, 3.8) is 0 Å². The number of nitrogens with zero attached hydrogens (tertiary/aromatic N) is 2. The van der Waals surface area contributed by atoms with Crippen LogP contribution in [-0.4, -0.2) is 69.0 Å². The van der Waals surface area contributed by atoms with Gasteiger partial charge in [-0.2, -0.15) is 0 Å². The first-order valence-electron chi connectivity index (χ1n) is 10.0. The highest BCUT2D eigenvalue weighted by Crippen LogP contribution is 2.28. The van der Waals surface area contributed by atoms with Gasteiger partial charge in [0.15, 0.2) is 0 Å². The number of amides is 3. The number of carbonyl (C=O) groups is 3. The van der Waals surface area contributed by atoms with E-state index in [0.29, 0.717) is 31.2 Å². The van der Waals surface area contributed by atoms with Crippen molar-refractivity contribution in [1.29, 1.82) is 0 Å². The second-order valence-electron chi connectivity index (χ2n) is 7.12. The topological polar surface area (TPSA) is 91.0 Å². The molecule has 8 nitrogen and oxygen atoms in total. The molecule has 0 saturated carbocycles. The predicted octanol–water partition coefficient (Wildman–Crippen LogP) is 2.20. The molecule has 2 N–H and O–H groups in total. The molecule has 0 atom stereocenters. The van der Waals surface area contributed by atoms with E-state index in [9.17, 15) is 14.4 Å². The van der Waals surface area contributed by atoms with Gasteiger partial charge in [0.2, 0.25) is 11.8 Å². The van der Waals surface area contributed by atoms with Crippen molar-refractivity contribution >= 4 is 46.6 Å². The molecule has 1 aliphatic heterocycles. The van der Waals surface area contributed by atoms with Gasteiger partial charge in [0.1, 0.15) is 5.75 Å². The molecule has 10 heteroatoms. The Kier molecular flexibility index (Phi) is 8.19. The first-order valence-corrected chi connectivity index (χ1v) is 10.8. The zero-order valence-corrected chi connectivity index (χ0v) is 19.1. The minimum atomic E-state index is -0.499. The fraction of sp³-hybridized carbons (Fsp3) is 0.318. The van der Waals surface area contributed by atoms with Gasteiger partial charge < -0.3 is 25.2 Å². The molecule has 0 bridgehead atoms. The third-order valence-electron chi connectivity index (χ3n) is 5.08. The molecule has 170 valence electrons. The van der Waals surface area contributed by atoms with Gasteiger partial charge in [-0.05, 0) is 30.3 Å². The maximum absolute atomic E-state index is 12.5. The maximum atomic E-state index is 12.5. The Labute approximate surface area is 196 Å². The van der Waals surface area contributed by atoms with Crippen LogP contribution in [0.5, 0.6) is 5.75 Å². The molecule has 0 radical (unpaired) electrons. The normalized spacial score (nSPS) is 13.5. The number of para-hydroxylation sites is 2. The molecule has 2 aromatic rings. The SMILES string of the molecule is COc1ccccc1N1CCN(C(=O)CNC(=O)CNC(=O)c2ccc(Cl)cc2Cl)CC1. The Morgan fingerprint density at radius 1 is 0.969 bits per heavy atom. The summed E-state index contributed by atoms with van der Waals surface area (Å²) in [5, 5.41) is 5.62. The molecule has 2 aromatic carbocycles. The van der Waals surface area contributed by atoms with E-state index in [4.69, 9.17) is 27.9 Å². The fourth-order valence-corrected chi connectivity index (χ4v) is 3.86. The van der Waals surface area contributed by atoms with Gasteiger partial charge >= 0.3 is 0 Å². The predicted molar refractivity (Wildman–Crippen MR) is 124 cm³/mol. The summed E-state index contributed by atoms with van der Waals surface area (Å²) in [7, 11) is 1.63. The highest BCUT2D eigenvalue weighted by Gasteiger charge is 2.23. The van der Waals surface area contributed by atoms with E-state index in [1.807, 2.05) is 24.3 Å². The lowest BCUT2D eigenvalue weighted by Crippen LogP contribution is -2.51. The summed E-state index contributed by atoms with van der Waals surface area (Å²) in [6.07, 6.45) is 0. The van der Waals surface area contributed by atoms with Crippen molar-refractivity contribution in [3.05, 3.63) is 58.1 Å². The fourth-order valence-electron chi connectivity index (χ4n) is 3.37. The van der Waals surface area contributed by atoms with Crippen molar-refractivity contribution in [2.45, 2.75) is 0 Å². The maximum Gasteiger partial charge on any atom is 0.253 e. The molecule has 1 heterocycles. The molecule has 0 aromatic heterocycles. The Bertz CT molecular complexity index is 994. The smallest absolute Gasteiger partial charge is 0.253 e. The number of rotatable bonds is 7. The number of carbonyl (C=O) groups excluding carboxylic acids is 3. The van der Waals surface area contributed by atoms with E-state index < -0.39 is 11.8 Å². The Hall–Kier alpha value is -2.97. The lowest BCUT2D eigenvalue weighted by Gasteiger charge is -2.36. The van der Waals surface area contributed by atoms with Crippen molar-refractivity contribution < 1.29 is 19.1 Å². The van der Waals surface area contributed by atoms with Gasteiger partial charge in [-0.25, -0.2) is 0 Å². The summed E-state index contributed by atoms with van der Waals surface area (Å²) in [5.41, 5.74) is 1.21. The van der Waals surface area contributed by atoms with Crippen LogP contribution >= 0.6 is 23.2 Å².